The van der Waals surface area contributed by atoms with E-state index in [1.165, 1.54) is 5.57 Å². The van der Waals surface area contributed by atoms with Crippen LogP contribution >= 0.6 is 0 Å². The summed E-state index contributed by atoms with van der Waals surface area (Å²) in [6, 6.07) is 0. The first-order chi connectivity index (χ1) is 18.7. The Morgan fingerprint density at radius 2 is 1.75 bits per heavy atom. The van der Waals surface area contributed by atoms with E-state index < -0.39 is 24.3 Å². The zero-order chi connectivity index (χ0) is 30.1. The number of rotatable bonds is 5. The van der Waals surface area contributed by atoms with E-state index in [0.717, 1.165) is 28.9 Å². The maximum absolute atomic E-state index is 13.3. The number of hydrogen-bond donors (Lipinski definition) is 1. The van der Waals surface area contributed by atoms with Gasteiger partial charge in [0.05, 0.1) is 6.10 Å². The highest BCUT2D eigenvalue weighted by Crippen LogP contribution is 2.29. The summed E-state index contributed by atoms with van der Waals surface area (Å²) in [7, 11) is 1.64. The monoisotopic (exact) mass is 552 g/mol. The summed E-state index contributed by atoms with van der Waals surface area (Å²) >= 11 is 0. The molecule has 2 rings (SSSR count). The number of aliphatic hydroxyl groups excluding tert-OH is 1. The summed E-state index contributed by atoms with van der Waals surface area (Å²) in [4.78, 5) is 13.3. The van der Waals surface area contributed by atoms with Gasteiger partial charge >= 0.3 is 5.97 Å². The van der Waals surface area contributed by atoms with Gasteiger partial charge in [0, 0.05) is 24.5 Å². The molecule has 5 heteroatoms. The third-order valence-electron chi connectivity index (χ3n) is 7.80. The van der Waals surface area contributed by atoms with Gasteiger partial charge in [-0.05, 0) is 76.2 Å². The Morgan fingerprint density at radius 3 is 2.38 bits per heavy atom. The molecule has 0 saturated heterocycles. The van der Waals surface area contributed by atoms with Crippen LogP contribution in [-0.4, -0.2) is 42.6 Å². The first kappa shape index (κ1) is 33.6. The Balaban J connectivity index is 2.47. The van der Waals surface area contributed by atoms with E-state index in [1.807, 2.05) is 64.2 Å². The first-order valence-corrected chi connectivity index (χ1v) is 14.6. The van der Waals surface area contributed by atoms with Gasteiger partial charge in [-0.2, -0.15) is 0 Å². The van der Waals surface area contributed by atoms with Crippen molar-refractivity contribution in [3.63, 3.8) is 0 Å². The minimum atomic E-state index is -0.556. The Hall–Kier alpha value is -2.63. The van der Waals surface area contributed by atoms with Crippen LogP contribution in [0.3, 0.4) is 0 Å². The average Bonchev–Trinajstić information content (AvgIpc) is 2.88. The topological polar surface area (TPSA) is 65.0 Å². The molecule has 1 N–H and O–H groups in total. The number of cyclic esters (lactones) is 1. The fourth-order valence-electron chi connectivity index (χ4n) is 5.55. The van der Waals surface area contributed by atoms with Crippen molar-refractivity contribution in [2.24, 2.45) is 23.7 Å². The normalized spacial score (nSPS) is 30.4. The van der Waals surface area contributed by atoms with Crippen molar-refractivity contribution < 1.29 is 24.1 Å². The number of esters is 1. The number of hydrogen-bond acceptors (Lipinski definition) is 5. The highest BCUT2D eigenvalue weighted by molar-refractivity contribution is 5.88. The molecule has 2 aliphatic heterocycles. The van der Waals surface area contributed by atoms with Crippen molar-refractivity contribution in [1.82, 2.24) is 0 Å². The summed E-state index contributed by atoms with van der Waals surface area (Å²) in [6.07, 6.45) is 15.4. The largest absolute Gasteiger partial charge is 0.486 e. The summed E-state index contributed by atoms with van der Waals surface area (Å²) in [5.41, 5.74) is 4.79. The quantitative estimate of drug-likeness (QED) is 0.352. The highest BCUT2D eigenvalue weighted by atomic mass is 16.6. The van der Waals surface area contributed by atoms with Crippen LogP contribution < -0.4 is 0 Å². The predicted octanol–water partition coefficient (Wildman–Crippen LogP) is 7.81. The molecule has 0 aromatic carbocycles. The van der Waals surface area contributed by atoms with Crippen LogP contribution in [0.5, 0.6) is 0 Å². The number of allylic oxidation sites excluding steroid dienone is 8. The number of carbonyl (C=O) groups is 1. The van der Waals surface area contributed by atoms with Crippen LogP contribution in [0.15, 0.2) is 82.2 Å². The second kappa shape index (κ2) is 15.4. The van der Waals surface area contributed by atoms with E-state index in [4.69, 9.17) is 14.2 Å². The van der Waals surface area contributed by atoms with Crippen LogP contribution in [0.2, 0.25) is 0 Å². The molecule has 7 atom stereocenters. The third kappa shape index (κ3) is 9.49. The van der Waals surface area contributed by atoms with Gasteiger partial charge in [0.25, 0.3) is 0 Å². The Morgan fingerprint density at radius 1 is 1.07 bits per heavy atom. The number of carbonyl (C=O) groups excluding carboxylic acids is 1. The molecule has 0 radical (unpaired) electrons. The van der Waals surface area contributed by atoms with E-state index in [2.05, 4.69) is 46.8 Å². The fraction of sp³-hybridized carbons (Fsp3) is 0.571. The first-order valence-electron chi connectivity index (χ1n) is 14.6. The molecule has 0 amide bonds. The molecule has 2 aliphatic rings. The van der Waals surface area contributed by atoms with Gasteiger partial charge in [-0.15, -0.1) is 0 Å². The zero-order valence-corrected chi connectivity index (χ0v) is 26.5. The summed E-state index contributed by atoms with van der Waals surface area (Å²) < 4.78 is 18.3. The van der Waals surface area contributed by atoms with E-state index in [-0.39, 0.29) is 23.9 Å². The van der Waals surface area contributed by atoms with Gasteiger partial charge in [-0.3, -0.25) is 0 Å². The van der Waals surface area contributed by atoms with Crippen molar-refractivity contribution in [1.29, 1.82) is 0 Å². The number of aliphatic hydroxyl groups is 1. The molecule has 0 aliphatic carbocycles. The molecular weight excluding hydrogens is 500 g/mol. The van der Waals surface area contributed by atoms with Crippen LogP contribution in [0.1, 0.15) is 75.7 Å². The van der Waals surface area contributed by atoms with Gasteiger partial charge < -0.3 is 19.3 Å². The molecule has 0 bridgehead atoms. The molecule has 0 aromatic rings. The molecule has 40 heavy (non-hydrogen) atoms. The smallest absolute Gasteiger partial charge is 0.334 e. The lowest BCUT2D eigenvalue weighted by molar-refractivity contribution is -0.152. The predicted molar refractivity (Wildman–Crippen MR) is 165 cm³/mol. The van der Waals surface area contributed by atoms with Crippen LogP contribution in [-0.2, 0) is 19.0 Å². The van der Waals surface area contributed by atoms with Gasteiger partial charge in [0.15, 0.2) is 0 Å². The zero-order valence-electron chi connectivity index (χ0n) is 26.5. The highest BCUT2D eigenvalue weighted by Gasteiger charge is 2.30. The molecule has 0 aromatic heterocycles. The molecule has 0 saturated carbocycles. The van der Waals surface area contributed by atoms with Gasteiger partial charge in [0.1, 0.15) is 24.1 Å². The van der Waals surface area contributed by atoms with E-state index in [1.54, 1.807) is 14.0 Å². The average molecular weight is 553 g/mol. The second-order valence-corrected chi connectivity index (χ2v) is 12.2. The number of methoxy groups -OCH3 is 1. The summed E-state index contributed by atoms with van der Waals surface area (Å²) in [6.45, 7) is 20.4. The standard InChI is InChI=1S/C35H52O5/c1-21(2)33-24(5)15-16-30(39-33)25(6)20-28(9)34-31(38-11)14-12-13-22(3)17-26(7)32(36)27(8)18-23(4)19-29(10)35(37)40-34/h12-16,18-21,26-28,31-34,36H,17H2,1-11H3. The lowest BCUT2D eigenvalue weighted by Crippen LogP contribution is -2.36. The van der Waals surface area contributed by atoms with Gasteiger partial charge in [-0.25, -0.2) is 4.79 Å². The molecule has 5 nitrogen and oxygen atoms in total. The molecule has 0 spiro atoms. The van der Waals surface area contributed by atoms with Gasteiger partial charge in [0.2, 0.25) is 0 Å². The summed E-state index contributed by atoms with van der Waals surface area (Å²) in [5, 5.41) is 10.9. The minimum Gasteiger partial charge on any atom is -0.486 e. The van der Waals surface area contributed by atoms with E-state index in [0.29, 0.717) is 11.5 Å². The van der Waals surface area contributed by atoms with E-state index in [9.17, 15) is 9.90 Å². The van der Waals surface area contributed by atoms with Crippen LogP contribution in [0.4, 0.5) is 0 Å². The lowest BCUT2D eigenvalue weighted by atomic mass is 9.87. The van der Waals surface area contributed by atoms with Crippen molar-refractivity contribution >= 4 is 5.97 Å². The Labute approximate surface area is 243 Å². The number of ether oxygens (including phenoxy) is 3. The van der Waals surface area contributed by atoms with Crippen LogP contribution in [0, 0.1) is 23.7 Å². The minimum absolute atomic E-state index is 0.0411. The fourth-order valence-corrected chi connectivity index (χ4v) is 5.55. The maximum atomic E-state index is 13.3. The van der Waals surface area contributed by atoms with Crippen molar-refractivity contribution in [3.8, 4) is 0 Å². The molecule has 7 unspecified atom stereocenters. The molecular formula is C35H52O5. The second-order valence-electron chi connectivity index (χ2n) is 12.2. The lowest BCUT2D eigenvalue weighted by Gasteiger charge is -2.30. The summed E-state index contributed by atoms with van der Waals surface area (Å²) in [5.74, 6) is 0.696. The molecule has 222 valence electrons. The Kier molecular flexibility index (Phi) is 12.9. The SMILES string of the molecule is COC1C=CC=C(C)CC(C)C(O)C(C)C=C(C)C=C(C)C(=O)OC1C(C)C=C(C)C1=CC=C(C)C(C(C)C)O1. The van der Waals surface area contributed by atoms with Crippen molar-refractivity contribution in [2.45, 2.75) is 100 Å². The van der Waals surface area contributed by atoms with Crippen molar-refractivity contribution in [2.75, 3.05) is 7.11 Å². The molecule has 0 fully saturated rings. The van der Waals surface area contributed by atoms with Gasteiger partial charge in [-0.1, -0.05) is 82.2 Å². The maximum Gasteiger partial charge on any atom is 0.334 e. The Bertz CT molecular complexity index is 1100. The van der Waals surface area contributed by atoms with Crippen LogP contribution in [0.25, 0.3) is 0 Å². The van der Waals surface area contributed by atoms with E-state index >= 15 is 0 Å². The molecule has 2 heterocycles. The third-order valence-corrected chi connectivity index (χ3v) is 7.80. The van der Waals surface area contributed by atoms with Crippen molar-refractivity contribution in [3.05, 3.63) is 82.2 Å².